The molecule has 1 aromatic carbocycles. The topological polar surface area (TPSA) is 69.9 Å². The molecular weight excluding hydrogens is 208 g/mol. The summed E-state index contributed by atoms with van der Waals surface area (Å²) in [5.74, 6) is -0.639. The number of ether oxygens (including phenoxy) is 1. The third-order valence-corrected chi connectivity index (χ3v) is 1.37. The highest BCUT2D eigenvalue weighted by molar-refractivity contribution is 5.28. The molecular formula is C12H20O4. The normalized spacial score (nSPS) is 10.9. The number of aromatic hydroxyl groups is 2. The van der Waals surface area contributed by atoms with Crippen LogP contribution in [0.2, 0.25) is 0 Å². The van der Waals surface area contributed by atoms with Gasteiger partial charge in [-0.05, 0) is 52.0 Å². The Labute approximate surface area is 96.1 Å². The molecule has 0 bridgehead atoms. The van der Waals surface area contributed by atoms with Gasteiger partial charge in [0.05, 0.1) is 6.10 Å². The molecule has 0 saturated heterocycles. The molecule has 0 aliphatic heterocycles. The van der Waals surface area contributed by atoms with Gasteiger partial charge in [0.1, 0.15) is 11.5 Å². The summed E-state index contributed by atoms with van der Waals surface area (Å²) in [4.78, 5) is 0. The van der Waals surface area contributed by atoms with Gasteiger partial charge in [0.2, 0.25) is 0 Å². The molecule has 0 saturated carbocycles. The van der Waals surface area contributed by atoms with E-state index >= 15 is 0 Å². The van der Waals surface area contributed by atoms with E-state index in [1.54, 1.807) is 13.8 Å². The van der Waals surface area contributed by atoms with E-state index in [2.05, 4.69) is 0 Å². The number of benzene rings is 1. The van der Waals surface area contributed by atoms with Crippen LogP contribution in [0, 0.1) is 0 Å². The molecule has 3 N–H and O–H groups in total. The van der Waals surface area contributed by atoms with Crippen LogP contribution in [0.4, 0.5) is 0 Å². The Kier molecular flexibility index (Phi) is 5.85. The fourth-order valence-electron chi connectivity index (χ4n) is 1.03. The first kappa shape index (κ1) is 14.7. The van der Waals surface area contributed by atoms with Crippen LogP contribution in [0.15, 0.2) is 24.3 Å². The predicted octanol–water partition coefficient (Wildman–Crippen LogP) is 2.24. The summed E-state index contributed by atoms with van der Waals surface area (Å²) >= 11 is 0. The van der Waals surface area contributed by atoms with Crippen molar-refractivity contribution in [3.8, 4) is 11.5 Å². The Morgan fingerprint density at radius 2 is 1.31 bits per heavy atom. The molecule has 1 aromatic rings. The highest BCUT2D eigenvalue weighted by Crippen LogP contribution is 2.13. The molecule has 0 radical (unpaired) electrons. The largest absolute Gasteiger partial charge is 0.508 e. The van der Waals surface area contributed by atoms with Crippen molar-refractivity contribution >= 4 is 0 Å². The predicted molar refractivity (Wildman–Crippen MR) is 62.3 cm³/mol. The van der Waals surface area contributed by atoms with Crippen molar-refractivity contribution in [2.75, 3.05) is 0 Å². The minimum Gasteiger partial charge on any atom is -0.508 e. The number of aliphatic hydroxyl groups is 1. The lowest BCUT2D eigenvalue weighted by atomic mass is 10.3. The van der Waals surface area contributed by atoms with E-state index in [1.807, 2.05) is 13.8 Å². The van der Waals surface area contributed by atoms with E-state index in [1.165, 1.54) is 24.3 Å². The SMILES string of the molecule is CC(C)OC(C)(C)O.Oc1ccc(O)cc1. The van der Waals surface area contributed by atoms with Crippen molar-refractivity contribution in [1.82, 2.24) is 0 Å². The molecule has 4 nitrogen and oxygen atoms in total. The third kappa shape index (κ3) is 9.30. The van der Waals surface area contributed by atoms with Crippen molar-refractivity contribution in [3.05, 3.63) is 24.3 Å². The van der Waals surface area contributed by atoms with E-state index in [-0.39, 0.29) is 17.6 Å². The Bertz CT molecular complexity index is 264. The van der Waals surface area contributed by atoms with Crippen molar-refractivity contribution < 1.29 is 20.1 Å². The van der Waals surface area contributed by atoms with Gasteiger partial charge in [-0.2, -0.15) is 0 Å². The molecule has 0 amide bonds. The molecule has 4 heteroatoms. The van der Waals surface area contributed by atoms with Gasteiger partial charge >= 0.3 is 0 Å². The van der Waals surface area contributed by atoms with Crippen LogP contribution in [-0.2, 0) is 4.74 Å². The highest BCUT2D eigenvalue weighted by atomic mass is 16.6. The molecule has 92 valence electrons. The maximum atomic E-state index is 8.97. The Morgan fingerprint density at radius 1 is 1.00 bits per heavy atom. The van der Waals surface area contributed by atoms with Crippen molar-refractivity contribution in [1.29, 1.82) is 0 Å². The fourth-order valence-corrected chi connectivity index (χ4v) is 1.03. The van der Waals surface area contributed by atoms with Gasteiger partial charge in [-0.1, -0.05) is 0 Å². The molecule has 0 unspecified atom stereocenters. The van der Waals surface area contributed by atoms with Gasteiger partial charge in [0.15, 0.2) is 5.79 Å². The van der Waals surface area contributed by atoms with Crippen LogP contribution in [0.1, 0.15) is 27.7 Å². The molecule has 0 fully saturated rings. The highest BCUT2D eigenvalue weighted by Gasteiger charge is 2.13. The maximum Gasteiger partial charge on any atom is 0.160 e. The number of hydrogen-bond donors (Lipinski definition) is 3. The summed E-state index contributed by atoms with van der Waals surface area (Å²) in [5.41, 5.74) is 0. The maximum absolute atomic E-state index is 8.97. The second-order valence-corrected chi connectivity index (χ2v) is 4.13. The molecule has 1 rings (SSSR count). The van der Waals surface area contributed by atoms with E-state index in [4.69, 9.17) is 20.1 Å². The van der Waals surface area contributed by atoms with E-state index < -0.39 is 5.79 Å². The molecule has 16 heavy (non-hydrogen) atoms. The fraction of sp³-hybridized carbons (Fsp3) is 0.500. The third-order valence-electron chi connectivity index (χ3n) is 1.37. The van der Waals surface area contributed by atoms with E-state index in [0.29, 0.717) is 0 Å². The van der Waals surface area contributed by atoms with Crippen molar-refractivity contribution in [2.45, 2.75) is 39.6 Å². The molecule has 0 atom stereocenters. The lowest BCUT2D eigenvalue weighted by Gasteiger charge is -2.20. The number of phenols is 2. The van der Waals surface area contributed by atoms with Crippen LogP contribution in [0.5, 0.6) is 11.5 Å². The second kappa shape index (κ2) is 6.35. The lowest BCUT2D eigenvalue weighted by molar-refractivity contribution is -0.197. The summed E-state index contributed by atoms with van der Waals surface area (Å²) in [6, 6.07) is 5.70. The second-order valence-electron chi connectivity index (χ2n) is 4.13. The van der Waals surface area contributed by atoms with Crippen LogP contribution in [0.25, 0.3) is 0 Å². The molecule has 0 heterocycles. The summed E-state index contributed by atoms with van der Waals surface area (Å²) in [7, 11) is 0. The van der Waals surface area contributed by atoms with Gasteiger partial charge in [-0.15, -0.1) is 0 Å². The summed E-state index contributed by atoms with van der Waals surface area (Å²) < 4.78 is 4.99. The molecule has 0 aliphatic rings. The van der Waals surface area contributed by atoms with Gasteiger partial charge < -0.3 is 20.1 Å². The number of phenolic OH excluding ortho intramolecular Hbond substituents is 2. The zero-order valence-corrected chi connectivity index (χ0v) is 10.1. The standard InChI is InChI=1S/C6H6O2.C6H14O2/c7-5-1-2-6(8)4-3-5;1-5(2)8-6(3,4)7/h1-4,7-8H;5,7H,1-4H3. The van der Waals surface area contributed by atoms with E-state index in [9.17, 15) is 0 Å². The first-order valence-electron chi connectivity index (χ1n) is 5.09. The minimum atomic E-state index is -0.978. The summed E-state index contributed by atoms with van der Waals surface area (Å²) in [5, 5.41) is 26.3. The van der Waals surface area contributed by atoms with Crippen molar-refractivity contribution in [3.63, 3.8) is 0 Å². The lowest BCUT2D eigenvalue weighted by Crippen LogP contribution is -2.26. The average Bonchev–Trinajstić information content (AvgIpc) is 2.07. The smallest absolute Gasteiger partial charge is 0.160 e. The van der Waals surface area contributed by atoms with Crippen LogP contribution in [-0.4, -0.2) is 27.2 Å². The van der Waals surface area contributed by atoms with E-state index in [0.717, 1.165) is 0 Å². The first-order chi connectivity index (χ1) is 7.20. The van der Waals surface area contributed by atoms with Gasteiger partial charge in [0.25, 0.3) is 0 Å². The monoisotopic (exact) mass is 228 g/mol. The summed E-state index contributed by atoms with van der Waals surface area (Å²) in [6.45, 7) is 7.01. The Morgan fingerprint density at radius 3 is 1.44 bits per heavy atom. The van der Waals surface area contributed by atoms with Gasteiger partial charge in [-0.25, -0.2) is 0 Å². The van der Waals surface area contributed by atoms with Crippen molar-refractivity contribution in [2.24, 2.45) is 0 Å². The zero-order valence-electron chi connectivity index (χ0n) is 10.1. The Balaban J connectivity index is 0.000000281. The van der Waals surface area contributed by atoms with Crippen LogP contribution in [0.3, 0.4) is 0 Å². The quantitative estimate of drug-likeness (QED) is 0.536. The molecule has 0 spiro atoms. The summed E-state index contributed by atoms with van der Waals surface area (Å²) in [6.07, 6.45) is 0.0926. The van der Waals surface area contributed by atoms with Crippen LogP contribution < -0.4 is 0 Å². The minimum absolute atomic E-state index is 0.0926. The van der Waals surface area contributed by atoms with Gasteiger partial charge in [-0.3, -0.25) is 0 Å². The molecule has 0 aromatic heterocycles. The first-order valence-corrected chi connectivity index (χ1v) is 5.09. The number of hydrogen-bond acceptors (Lipinski definition) is 4. The molecule has 0 aliphatic carbocycles. The van der Waals surface area contributed by atoms with Gasteiger partial charge in [0, 0.05) is 0 Å². The average molecular weight is 228 g/mol. The van der Waals surface area contributed by atoms with Crippen LogP contribution >= 0.6 is 0 Å². The zero-order chi connectivity index (χ0) is 12.8. The Hall–Kier alpha value is -1.26. The number of rotatable bonds is 2.